The SMILES string of the molecule is c1ccc2c(c1)C1=C(c3ccc4sc5ccccc5c4c3)N=C(n3c4ccccc4c4cc5ccc6c7ccccc7sc6c5cc43)NC1c1ccccc1-2. The fraction of sp³-hybridized carbons (Fsp3) is 0.0200. The number of benzene rings is 8. The Morgan fingerprint density at radius 2 is 1.16 bits per heavy atom. The van der Waals surface area contributed by atoms with Crippen molar-refractivity contribution >= 4 is 113 Å². The van der Waals surface area contributed by atoms with Gasteiger partial charge < -0.3 is 5.32 Å². The van der Waals surface area contributed by atoms with Crippen LogP contribution in [-0.4, -0.2) is 10.5 Å². The maximum absolute atomic E-state index is 5.75. The zero-order valence-corrected chi connectivity index (χ0v) is 31.0. The molecule has 2 aliphatic rings. The first-order valence-electron chi connectivity index (χ1n) is 18.7. The van der Waals surface area contributed by atoms with Crippen LogP contribution in [0.5, 0.6) is 0 Å². The number of rotatable bonds is 1. The van der Waals surface area contributed by atoms with Gasteiger partial charge in [0.2, 0.25) is 5.96 Å². The molecule has 1 aliphatic carbocycles. The Morgan fingerprint density at radius 3 is 2.04 bits per heavy atom. The maximum Gasteiger partial charge on any atom is 0.209 e. The molecule has 0 spiro atoms. The molecule has 1 N–H and O–H groups in total. The minimum absolute atomic E-state index is 0.102. The Hall–Kier alpha value is -6.53. The molecular formula is C50H29N3S2. The van der Waals surface area contributed by atoms with Crippen molar-refractivity contribution in [3.05, 3.63) is 180 Å². The van der Waals surface area contributed by atoms with E-state index < -0.39 is 0 Å². The molecule has 0 radical (unpaired) electrons. The molecule has 0 saturated heterocycles. The van der Waals surface area contributed by atoms with Gasteiger partial charge >= 0.3 is 0 Å². The van der Waals surface area contributed by atoms with Gasteiger partial charge in [-0.25, -0.2) is 4.99 Å². The maximum atomic E-state index is 5.75. The first-order chi connectivity index (χ1) is 27.3. The van der Waals surface area contributed by atoms with Gasteiger partial charge in [-0.3, -0.25) is 4.57 Å². The summed E-state index contributed by atoms with van der Waals surface area (Å²) >= 11 is 3.74. The summed E-state index contributed by atoms with van der Waals surface area (Å²) < 4.78 is 7.63. The monoisotopic (exact) mass is 735 g/mol. The number of aliphatic imine (C=N–C) groups is 1. The Balaban J connectivity index is 1.14. The topological polar surface area (TPSA) is 29.3 Å². The molecule has 0 bridgehead atoms. The molecule has 1 atom stereocenters. The van der Waals surface area contributed by atoms with Crippen molar-refractivity contribution in [3.63, 3.8) is 0 Å². The van der Waals surface area contributed by atoms with Crippen molar-refractivity contribution in [3.8, 4) is 11.1 Å². The molecule has 0 fully saturated rings. The first-order valence-corrected chi connectivity index (χ1v) is 20.4. The van der Waals surface area contributed by atoms with Crippen LogP contribution < -0.4 is 5.32 Å². The molecule has 3 aromatic heterocycles. The van der Waals surface area contributed by atoms with E-state index in [9.17, 15) is 0 Å². The third-order valence-corrected chi connectivity index (χ3v) is 14.2. The molecule has 55 heavy (non-hydrogen) atoms. The predicted octanol–water partition coefficient (Wildman–Crippen LogP) is 13.8. The second-order valence-corrected chi connectivity index (χ2v) is 16.8. The highest BCUT2D eigenvalue weighted by Crippen LogP contribution is 2.51. The van der Waals surface area contributed by atoms with Crippen LogP contribution in [-0.2, 0) is 0 Å². The van der Waals surface area contributed by atoms with Crippen LogP contribution >= 0.6 is 22.7 Å². The zero-order valence-electron chi connectivity index (χ0n) is 29.4. The van der Waals surface area contributed by atoms with Gasteiger partial charge in [0.25, 0.3) is 0 Å². The minimum atomic E-state index is -0.102. The van der Waals surface area contributed by atoms with E-state index in [0.717, 1.165) is 28.3 Å². The third kappa shape index (κ3) is 4.11. The Morgan fingerprint density at radius 1 is 0.473 bits per heavy atom. The van der Waals surface area contributed by atoms with Crippen molar-refractivity contribution in [2.24, 2.45) is 4.99 Å². The summed E-state index contributed by atoms with van der Waals surface area (Å²) in [5, 5.41) is 14.2. The molecule has 1 unspecified atom stereocenters. The lowest BCUT2D eigenvalue weighted by molar-refractivity contribution is 0.774. The third-order valence-electron chi connectivity index (χ3n) is 11.8. The molecule has 4 heterocycles. The highest BCUT2D eigenvalue weighted by atomic mass is 32.1. The number of fused-ring (bicyclic) bond motifs is 17. The molecular weight excluding hydrogens is 707 g/mol. The Bertz CT molecular complexity index is 3540. The van der Waals surface area contributed by atoms with E-state index in [-0.39, 0.29) is 6.04 Å². The van der Waals surface area contributed by atoms with E-state index in [2.05, 4.69) is 174 Å². The molecule has 0 saturated carbocycles. The van der Waals surface area contributed by atoms with Gasteiger partial charge in [0.1, 0.15) is 0 Å². The average Bonchev–Trinajstić information content (AvgIpc) is 3.92. The van der Waals surface area contributed by atoms with Crippen LogP contribution in [0, 0.1) is 0 Å². The van der Waals surface area contributed by atoms with Crippen LogP contribution in [0.2, 0.25) is 0 Å². The number of nitrogens with one attached hydrogen (secondary N) is 1. The van der Waals surface area contributed by atoms with Crippen LogP contribution in [0.1, 0.15) is 22.7 Å². The number of thiophene rings is 2. The van der Waals surface area contributed by atoms with Gasteiger partial charge in [-0.1, -0.05) is 121 Å². The first kappa shape index (κ1) is 29.9. The number of hydrogen-bond donors (Lipinski definition) is 1. The summed E-state index contributed by atoms with van der Waals surface area (Å²) in [4.78, 5) is 5.75. The Labute approximate surface area is 323 Å². The normalized spacial score (nSPS) is 15.3. The van der Waals surface area contributed by atoms with E-state index in [1.54, 1.807) is 0 Å². The smallest absolute Gasteiger partial charge is 0.209 e. The second-order valence-electron chi connectivity index (χ2n) is 14.7. The average molecular weight is 736 g/mol. The largest absolute Gasteiger partial charge is 0.344 e. The van der Waals surface area contributed by atoms with Crippen molar-refractivity contribution in [2.45, 2.75) is 6.04 Å². The van der Waals surface area contributed by atoms with Gasteiger partial charge in [-0.05, 0) is 70.1 Å². The van der Waals surface area contributed by atoms with E-state index in [4.69, 9.17) is 4.99 Å². The highest BCUT2D eigenvalue weighted by Gasteiger charge is 2.36. The van der Waals surface area contributed by atoms with Gasteiger partial charge in [-0.2, -0.15) is 0 Å². The van der Waals surface area contributed by atoms with Crippen molar-refractivity contribution in [1.82, 2.24) is 9.88 Å². The molecule has 8 aromatic carbocycles. The second kappa shape index (κ2) is 11.0. The van der Waals surface area contributed by atoms with Gasteiger partial charge in [0, 0.05) is 67.6 Å². The number of hydrogen-bond acceptors (Lipinski definition) is 4. The number of para-hydroxylation sites is 1. The lowest BCUT2D eigenvalue weighted by atomic mass is 9.77. The van der Waals surface area contributed by atoms with E-state index in [1.165, 1.54) is 89.7 Å². The van der Waals surface area contributed by atoms with Crippen LogP contribution in [0.25, 0.3) is 95.3 Å². The quantitative estimate of drug-likeness (QED) is 0.179. The van der Waals surface area contributed by atoms with Crippen LogP contribution in [0.3, 0.4) is 0 Å². The van der Waals surface area contributed by atoms with E-state index >= 15 is 0 Å². The molecule has 256 valence electrons. The van der Waals surface area contributed by atoms with Crippen molar-refractivity contribution < 1.29 is 0 Å². The molecule has 0 amide bonds. The van der Waals surface area contributed by atoms with E-state index in [1.807, 2.05) is 22.7 Å². The molecule has 3 nitrogen and oxygen atoms in total. The summed E-state index contributed by atoms with van der Waals surface area (Å²) in [6.07, 6.45) is 0. The fourth-order valence-corrected chi connectivity index (χ4v) is 11.7. The summed E-state index contributed by atoms with van der Waals surface area (Å²) in [6, 6.07) is 60.3. The molecule has 13 rings (SSSR count). The lowest BCUT2D eigenvalue weighted by Gasteiger charge is -2.36. The molecule has 5 heteroatoms. The van der Waals surface area contributed by atoms with Gasteiger partial charge in [0.05, 0.1) is 22.8 Å². The lowest BCUT2D eigenvalue weighted by Crippen LogP contribution is -2.38. The van der Waals surface area contributed by atoms with Crippen molar-refractivity contribution in [1.29, 1.82) is 0 Å². The van der Waals surface area contributed by atoms with Gasteiger partial charge in [0.15, 0.2) is 0 Å². The number of nitrogens with zero attached hydrogens (tertiary/aromatic N) is 2. The summed E-state index contributed by atoms with van der Waals surface area (Å²) in [6.45, 7) is 0. The number of aromatic nitrogens is 1. The van der Waals surface area contributed by atoms with Gasteiger partial charge in [-0.15, -0.1) is 22.7 Å². The fourth-order valence-electron chi connectivity index (χ4n) is 9.41. The molecule has 11 aromatic rings. The standard InChI is InChI=1S/C50H29N3S2/c1-3-16-35-30(11-1)31-12-2-4-17-36(31)48-46(35)47(29-22-24-45-40(26-29)34-15-7-9-19-43(34)54-45)51-50(52-48)53-41-18-8-5-13-32(41)39-25-28-21-23-37-33-14-6-10-20-44(33)55-49(37)38(28)27-42(39)53/h1-27,48H,(H,51,52). The zero-order chi connectivity index (χ0) is 35.8. The van der Waals surface area contributed by atoms with Crippen LogP contribution in [0.15, 0.2) is 169 Å². The Kier molecular flexibility index (Phi) is 5.98. The summed E-state index contributed by atoms with van der Waals surface area (Å²) in [7, 11) is 0. The predicted molar refractivity (Wildman–Crippen MR) is 237 cm³/mol. The van der Waals surface area contributed by atoms with E-state index in [0.29, 0.717) is 0 Å². The van der Waals surface area contributed by atoms with Crippen molar-refractivity contribution in [2.75, 3.05) is 0 Å². The summed E-state index contributed by atoms with van der Waals surface area (Å²) in [5.41, 5.74) is 10.6. The molecule has 1 aliphatic heterocycles. The minimum Gasteiger partial charge on any atom is -0.344 e. The van der Waals surface area contributed by atoms with Crippen LogP contribution in [0.4, 0.5) is 0 Å². The highest BCUT2D eigenvalue weighted by molar-refractivity contribution is 7.26. The summed E-state index contributed by atoms with van der Waals surface area (Å²) in [5.74, 6) is 0.835.